The summed E-state index contributed by atoms with van der Waals surface area (Å²) < 4.78 is 10.7. The Hall–Kier alpha value is -3.98. The molecular weight excluding hydrogens is 430 g/mol. The lowest BCUT2D eigenvalue weighted by atomic mass is 10.0. The van der Waals surface area contributed by atoms with Crippen molar-refractivity contribution in [2.45, 2.75) is 13.8 Å². The van der Waals surface area contributed by atoms with Crippen molar-refractivity contribution in [3.05, 3.63) is 69.6 Å². The van der Waals surface area contributed by atoms with Crippen LogP contribution in [0.4, 0.5) is 5.00 Å². The number of anilines is 1. The quantitative estimate of drug-likeness (QED) is 0.313. The number of nitrogens with two attached hydrogens (primary N) is 1. The number of carbonyl (C=O) groups is 3. The second-order valence-electron chi connectivity index (χ2n) is 6.99. The number of benzene rings is 2. The van der Waals surface area contributed by atoms with Crippen molar-refractivity contribution in [3.8, 4) is 0 Å². The summed E-state index contributed by atoms with van der Waals surface area (Å²) in [7, 11) is 0. The largest absolute Gasteiger partial charge is 0.462 e. The van der Waals surface area contributed by atoms with E-state index in [0.29, 0.717) is 16.5 Å². The summed E-state index contributed by atoms with van der Waals surface area (Å²) in [6.45, 7) is 3.34. The number of thiophene rings is 1. The summed E-state index contributed by atoms with van der Waals surface area (Å²) in [5, 5.41) is 13.4. The smallest absolute Gasteiger partial charge is 0.341 e. The van der Waals surface area contributed by atoms with Crippen LogP contribution in [0.3, 0.4) is 0 Å². The predicted molar refractivity (Wildman–Crippen MR) is 121 cm³/mol. The van der Waals surface area contributed by atoms with Gasteiger partial charge in [0.1, 0.15) is 16.1 Å². The molecule has 2 aromatic heterocycles. The summed E-state index contributed by atoms with van der Waals surface area (Å²) in [5.74, 6) is -2.05. The summed E-state index contributed by atoms with van der Waals surface area (Å²) in [6, 6.07) is 12.8. The molecule has 0 saturated heterocycles. The number of carbonyl (C=O) groups excluding carboxylic acids is 3. The average Bonchev–Trinajstić information content (AvgIpc) is 3.09. The molecule has 0 aliphatic heterocycles. The highest BCUT2D eigenvalue weighted by Gasteiger charge is 2.26. The second-order valence-corrected chi connectivity index (χ2v) is 8.01. The van der Waals surface area contributed by atoms with E-state index in [1.807, 2.05) is 30.3 Å². The SMILES string of the molecule is CCOC(=O)c1c(NC(=O)c2cc3c(ccc4ccccc43)oc2=N)sc(C(N)=O)c1C. The van der Waals surface area contributed by atoms with Crippen LogP contribution in [0.1, 0.15) is 42.9 Å². The van der Waals surface area contributed by atoms with Crippen molar-refractivity contribution in [3.63, 3.8) is 0 Å². The van der Waals surface area contributed by atoms with Crippen molar-refractivity contribution in [2.24, 2.45) is 5.73 Å². The molecule has 0 saturated carbocycles. The molecule has 0 aliphatic rings. The highest BCUT2D eigenvalue weighted by Crippen LogP contribution is 2.34. The highest BCUT2D eigenvalue weighted by atomic mass is 32.1. The van der Waals surface area contributed by atoms with Crippen LogP contribution >= 0.6 is 11.3 Å². The molecule has 0 atom stereocenters. The van der Waals surface area contributed by atoms with E-state index in [9.17, 15) is 14.4 Å². The van der Waals surface area contributed by atoms with Gasteiger partial charge in [0, 0.05) is 5.39 Å². The van der Waals surface area contributed by atoms with Crippen molar-refractivity contribution in [1.82, 2.24) is 0 Å². The number of hydrogen-bond acceptors (Lipinski definition) is 7. The zero-order chi connectivity index (χ0) is 23.0. The third kappa shape index (κ3) is 3.63. The van der Waals surface area contributed by atoms with Crippen LogP contribution in [0.2, 0.25) is 0 Å². The van der Waals surface area contributed by atoms with Crippen molar-refractivity contribution >= 4 is 55.9 Å². The van der Waals surface area contributed by atoms with Gasteiger partial charge in [0.25, 0.3) is 11.8 Å². The summed E-state index contributed by atoms with van der Waals surface area (Å²) >= 11 is 0.884. The number of ether oxygens (including phenoxy) is 1. The highest BCUT2D eigenvalue weighted by molar-refractivity contribution is 7.18. The van der Waals surface area contributed by atoms with Crippen LogP contribution in [0, 0.1) is 12.3 Å². The second kappa shape index (κ2) is 8.27. The zero-order valence-electron chi connectivity index (χ0n) is 17.3. The van der Waals surface area contributed by atoms with Gasteiger partial charge in [0.05, 0.1) is 17.0 Å². The Morgan fingerprint density at radius 1 is 1.16 bits per heavy atom. The minimum absolute atomic E-state index is 0.0182. The molecule has 162 valence electrons. The van der Waals surface area contributed by atoms with E-state index >= 15 is 0 Å². The summed E-state index contributed by atoms with van der Waals surface area (Å²) in [5.41, 5.74) is 5.93. The lowest BCUT2D eigenvalue weighted by molar-refractivity contribution is 0.0527. The van der Waals surface area contributed by atoms with E-state index in [0.717, 1.165) is 22.1 Å². The molecule has 0 fully saturated rings. The Kier molecular flexibility index (Phi) is 5.50. The standard InChI is InChI=1S/C23H19N3O5S/c1-3-30-23(29)17-11(2)18(19(24)27)32-22(17)26-21(28)15-10-14-13-7-5-4-6-12(13)8-9-16(14)31-20(15)25/h4-10,25H,3H2,1-2H3,(H2,24,27)(H,26,28). The Bertz CT molecular complexity index is 1470. The number of hydrogen-bond donors (Lipinski definition) is 3. The first kappa shape index (κ1) is 21.3. The van der Waals surface area contributed by atoms with Crippen LogP contribution in [-0.4, -0.2) is 24.4 Å². The van der Waals surface area contributed by atoms with E-state index in [1.54, 1.807) is 26.0 Å². The average molecular weight is 449 g/mol. The van der Waals surface area contributed by atoms with E-state index in [1.165, 1.54) is 0 Å². The molecule has 2 aromatic carbocycles. The van der Waals surface area contributed by atoms with Crippen LogP contribution in [0.15, 0.2) is 46.9 Å². The first-order chi connectivity index (χ1) is 15.3. The van der Waals surface area contributed by atoms with E-state index in [2.05, 4.69) is 5.32 Å². The number of amides is 2. The number of fused-ring (bicyclic) bond motifs is 3. The normalized spacial score (nSPS) is 10.9. The van der Waals surface area contributed by atoms with E-state index in [4.69, 9.17) is 20.3 Å². The number of esters is 1. The van der Waals surface area contributed by atoms with Crippen molar-refractivity contribution in [1.29, 1.82) is 5.41 Å². The molecule has 9 heteroatoms. The van der Waals surface area contributed by atoms with Crippen molar-refractivity contribution in [2.75, 3.05) is 11.9 Å². The van der Waals surface area contributed by atoms with Crippen LogP contribution in [-0.2, 0) is 4.74 Å². The fraction of sp³-hybridized carbons (Fsp3) is 0.130. The fourth-order valence-electron chi connectivity index (χ4n) is 3.51. The lowest BCUT2D eigenvalue weighted by Crippen LogP contribution is -2.21. The maximum absolute atomic E-state index is 13.1. The maximum Gasteiger partial charge on any atom is 0.341 e. The van der Waals surface area contributed by atoms with Gasteiger partial charge in [-0.1, -0.05) is 30.3 Å². The van der Waals surface area contributed by atoms with Crippen molar-refractivity contribution < 1.29 is 23.5 Å². The molecule has 2 heterocycles. The van der Waals surface area contributed by atoms with Gasteiger partial charge in [0.2, 0.25) is 5.55 Å². The Morgan fingerprint density at radius 2 is 1.91 bits per heavy atom. The summed E-state index contributed by atoms with van der Waals surface area (Å²) in [4.78, 5) is 37.5. The molecule has 32 heavy (non-hydrogen) atoms. The van der Waals surface area contributed by atoms with Crippen LogP contribution < -0.4 is 16.6 Å². The summed E-state index contributed by atoms with van der Waals surface area (Å²) in [6.07, 6.45) is 0. The van der Waals surface area contributed by atoms with Gasteiger partial charge in [-0.15, -0.1) is 11.3 Å². The van der Waals surface area contributed by atoms with Gasteiger partial charge in [-0.3, -0.25) is 15.0 Å². The third-order valence-corrected chi connectivity index (χ3v) is 6.22. The van der Waals surface area contributed by atoms with Gasteiger partial charge in [-0.25, -0.2) is 4.79 Å². The molecule has 2 amide bonds. The topological polar surface area (TPSA) is 135 Å². The van der Waals surface area contributed by atoms with Gasteiger partial charge >= 0.3 is 5.97 Å². The minimum Gasteiger partial charge on any atom is -0.462 e. The molecular formula is C23H19N3O5S. The molecule has 0 bridgehead atoms. The number of nitrogens with one attached hydrogen (secondary N) is 2. The number of rotatable bonds is 5. The molecule has 4 N–H and O–H groups in total. The van der Waals surface area contributed by atoms with Crippen LogP contribution in [0.5, 0.6) is 0 Å². The lowest BCUT2D eigenvalue weighted by Gasteiger charge is -2.09. The molecule has 8 nitrogen and oxygen atoms in total. The van der Waals surface area contributed by atoms with Crippen LogP contribution in [0.25, 0.3) is 21.7 Å². The maximum atomic E-state index is 13.1. The number of primary amides is 1. The Labute approximate surface area is 186 Å². The Morgan fingerprint density at radius 3 is 2.62 bits per heavy atom. The third-order valence-electron chi connectivity index (χ3n) is 5.00. The fourth-order valence-corrected chi connectivity index (χ4v) is 4.56. The molecule has 0 radical (unpaired) electrons. The molecule has 0 spiro atoms. The first-order valence-electron chi connectivity index (χ1n) is 9.73. The van der Waals surface area contributed by atoms with Gasteiger partial charge in [-0.2, -0.15) is 0 Å². The zero-order valence-corrected chi connectivity index (χ0v) is 18.1. The van der Waals surface area contributed by atoms with Gasteiger partial charge in [-0.05, 0) is 42.3 Å². The van der Waals surface area contributed by atoms with Gasteiger partial charge < -0.3 is 20.2 Å². The Balaban J connectivity index is 1.81. The van der Waals surface area contributed by atoms with E-state index < -0.39 is 17.8 Å². The van der Waals surface area contributed by atoms with E-state index in [-0.39, 0.29) is 33.2 Å². The predicted octanol–water partition coefficient (Wildman–Crippen LogP) is 3.96. The molecule has 4 aromatic rings. The molecule has 4 rings (SSSR count). The molecule has 0 unspecified atom stereocenters. The van der Waals surface area contributed by atoms with Gasteiger partial charge in [0.15, 0.2) is 0 Å². The minimum atomic E-state index is -0.716. The monoisotopic (exact) mass is 449 g/mol. The first-order valence-corrected chi connectivity index (χ1v) is 10.5. The molecule has 0 aliphatic carbocycles.